The van der Waals surface area contributed by atoms with E-state index < -0.39 is 11.7 Å². The lowest BCUT2D eigenvalue weighted by Crippen LogP contribution is -2.45. The Hall–Kier alpha value is -1.62. The third-order valence-electron chi connectivity index (χ3n) is 3.00. The van der Waals surface area contributed by atoms with Gasteiger partial charge < -0.3 is 15.1 Å². The largest absolute Gasteiger partial charge is 0.465 e. The van der Waals surface area contributed by atoms with E-state index in [0.29, 0.717) is 31.6 Å². The van der Waals surface area contributed by atoms with Gasteiger partial charge in [-0.2, -0.15) is 0 Å². The fraction of sp³-hybridized carbons (Fsp3) is 0.455. The molecule has 0 saturated carbocycles. The quantitative estimate of drug-likeness (QED) is 0.744. The van der Waals surface area contributed by atoms with Crippen molar-refractivity contribution in [3.05, 3.63) is 30.1 Å². The smallest absolute Gasteiger partial charge is 0.407 e. The third kappa shape index (κ3) is 1.99. The van der Waals surface area contributed by atoms with Crippen molar-refractivity contribution < 1.29 is 15.0 Å². The summed E-state index contributed by atoms with van der Waals surface area (Å²) in [5, 5.41) is 19.2. The van der Waals surface area contributed by atoms with Crippen LogP contribution in [0, 0.1) is 0 Å². The maximum absolute atomic E-state index is 10.7. The summed E-state index contributed by atoms with van der Waals surface area (Å²) in [6.07, 6.45) is 1.51. The summed E-state index contributed by atoms with van der Waals surface area (Å²) in [4.78, 5) is 16.2. The van der Waals surface area contributed by atoms with Gasteiger partial charge in [0.25, 0.3) is 0 Å². The van der Waals surface area contributed by atoms with Crippen LogP contribution in [-0.2, 0) is 5.60 Å². The number of carbonyl (C=O) groups is 1. The van der Waals surface area contributed by atoms with Crippen LogP contribution >= 0.6 is 0 Å². The maximum atomic E-state index is 10.7. The number of piperidine rings is 1. The van der Waals surface area contributed by atoms with Gasteiger partial charge in [0.1, 0.15) is 5.60 Å². The summed E-state index contributed by atoms with van der Waals surface area (Å²) < 4.78 is 0. The fourth-order valence-electron chi connectivity index (χ4n) is 1.96. The predicted molar refractivity (Wildman–Crippen MR) is 57.0 cm³/mol. The summed E-state index contributed by atoms with van der Waals surface area (Å²) in [5.74, 6) is 0. The van der Waals surface area contributed by atoms with Crippen LogP contribution < -0.4 is 0 Å². The van der Waals surface area contributed by atoms with Crippen LogP contribution in [0.5, 0.6) is 0 Å². The van der Waals surface area contributed by atoms with Gasteiger partial charge in [-0.15, -0.1) is 0 Å². The molecule has 2 heterocycles. The van der Waals surface area contributed by atoms with Crippen LogP contribution in [0.2, 0.25) is 0 Å². The summed E-state index contributed by atoms with van der Waals surface area (Å²) in [5.41, 5.74) is -0.354. The Morgan fingerprint density at radius 1 is 1.38 bits per heavy atom. The lowest BCUT2D eigenvalue weighted by Gasteiger charge is -2.36. The number of aliphatic hydroxyl groups is 1. The first-order valence-corrected chi connectivity index (χ1v) is 5.23. The minimum absolute atomic E-state index is 0.350. The zero-order chi connectivity index (χ0) is 11.6. The second-order valence-corrected chi connectivity index (χ2v) is 4.02. The van der Waals surface area contributed by atoms with Gasteiger partial charge in [0.2, 0.25) is 0 Å². The highest BCUT2D eigenvalue weighted by molar-refractivity contribution is 5.65. The van der Waals surface area contributed by atoms with E-state index in [4.69, 9.17) is 5.11 Å². The minimum atomic E-state index is -0.979. The molecule has 86 valence electrons. The molecule has 5 heteroatoms. The monoisotopic (exact) mass is 222 g/mol. The summed E-state index contributed by atoms with van der Waals surface area (Å²) >= 11 is 0. The van der Waals surface area contributed by atoms with Crippen molar-refractivity contribution in [1.29, 1.82) is 0 Å². The molecule has 1 amide bonds. The van der Waals surface area contributed by atoms with Gasteiger partial charge in [-0.05, 0) is 25.0 Å². The molecule has 1 fully saturated rings. The van der Waals surface area contributed by atoms with Crippen molar-refractivity contribution in [3.63, 3.8) is 0 Å². The van der Waals surface area contributed by atoms with Gasteiger partial charge in [0.05, 0.1) is 5.69 Å². The van der Waals surface area contributed by atoms with E-state index in [2.05, 4.69) is 4.98 Å². The Labute approximate surface area is 93.3 Å². The highest BCUT2D eigenvalue weighted by Gasteiger charge is 2.36. The van der Waals surface area contributed by atoms with Gasteiger partial charge in [-0.1, -0.05) is 6.07 Å². The first-order chi connectivity index (χ1) is 7.62. The first kappa shape index (κ1) is 10.9. The van der Waals surface area contributed by atoms with Crippen LogP contribution in [0.25, 0.3) is 0 Å². The number of hydrogen-bond donors (Lipinski definition) is 2. The van der Waals surface area contributed by atoms with Crippen molar-refractivity contribution >= 4 is 6.09 Å². The predicted octanol–water partition coefficient (Wildman–Crippen LogP) is 1.04. The molecular formula is C11H14N2O3. The van der Waals surface area contributed by atoms with Gasteiger partial charge in [-0.25, -0.2) is 4.79 Å². The summed E-state index contributed by atoms with van der Waals surface area (Å²) in [7, 11) is 0. The van der Waals surface area contributed by atoms with Crippen molar-refractivity contribution in [2.45, 2.75) is 18.4 Å². The summed E-state index contributed by atoms with van der Waals surface area (Å²) in [6.45, 7) is 0.699. The SMILES string of the molecule is O=C(O)N1CCC(O)(c2ccccn2)CC1. The number of carboxylic acid groups (broad SMARTS) is 1. The second-order valence-electron chi connectivity index (χ2n) is 4.02. The molecule has 0 atom stereocenters. The van der Waals surface area contributed by atoms with Gasteiger partial charge in [0, 0.05) is 19.3 Å². The highest BCUT2D eigenvalue weighted by Crippen LogP contribution is 2.31. The zero-order valence-corrected chi connectivity index (χ0v) is 8.83. The van der Waals surface area contributed by atoms with Crippen LogP contribution in [0.15, 0.2) is 24.4 Å². The summed E-state index contributed by atoms with van der Waals surface area (Å²) in [6, 6.07) is 5.39. The molecule has 2 rings (SSSR count). The molecule has 16 heavy (non-hydrogen) atoms. The zero-order valence-electron chi connectivity index (χ0n) is 8.83. The molecule has 0 radical (unpaired) electrons. The number of likely N-dealkylation sites (tertiary alicyclic amines) is 1. The Kier molecular flexibility index (Phi) is 2.78. The van der Waals surface area contributed by atoms with E-state index in [1.165, 1.54) is 4.90 Å². The lowest BCUT2D eigenvalue weighted by atomic mass is 9.88. The standard InChI is InChI=1S/C11H14N2O3/c14-10(15)13-7-4-11(16,5-8-13)9-3-1-2-6-12-9/h1-3,6,16H,4-5,7-8H2,(H,14,15). The van der Waals surface area contributed by atoms with E-state index in [1.54, 1.807) is 18.3 Å². The van der Waals surface area contributed by atoms with Gasteiger partial charge in [0.15, 0.2) is 0 Å². The second kappa shape index (κ2) is 4.09. The molecule has 1 saturated heterocycles. The van der Waals surface area contributed by atoms with Crippen LogP contribution in [0.4, 0.5) is 4.79 Å². The maximum Gasteiger partial charge on any atom is 0.407 e. The topological polar surface area (TPSA) is 73.7 Å². The lowest BCUT2D eigenvalue weighted by molar-refractivity contribution is -0.0247. The molecule has 0 spiro atoms. The Balaban J connectivity index is 2.10. The molecule has 1 aromatic heterocycles. The molecule has 0 aliphatic carbocycles. The third-order valence-corrected chi connectivity index (χ3v) is 3.00. The molecule has 1 aromatic rings. The van der Waals surface area contributed by atoms with Crippen molar-refractivity contribution in [2.24, 2.45) is 0 Å². The number of hydrogen-bond acceptors (Lipinski definition) is 3. The van der Waals surface area contributed by atoms with Gasteiger partial charge >= 0.3 is 6.09 Å². The first-order valence-electron chi connectivity index (χ1n) is 5.23. The van der Waals surface area contributed by atoms with E-state index in [0.717, 1.165) is 0 Å². The van der Waals surface area contributed by atoms with Crippen LogP contribution in [0.3, 0.4) is 0 Å². The van der Waals surface area contributed by atoms with Crippen molar-refractivity contribution in [3.8, 4) is 0 Å². The number of amides is 1. The van der Waals surface area contributed by atoms with E-state index >= 15 is 0 Å². The number of nitrogens with zero attached hydrogens (tertiary/aromatic N) is 2. The Morgan fingerprint density at radius 2 is 2.06 bits per heavy atom. The molecule has 0 aromatic carbocycles. The molecule has 5 nitrogen and oxygen atoms in total. The molecular weight excluding hydrogens is 208 g/mol. The average Bonchev–Trinajstić information content (AvgIpc) is 2.31. The number of rotatable bonds is 1. The van der Waals surface area contributed by atoms with Crippen molar-refractivity contribution in [1.82, 2.24) is 9.88 Å². The highest BCUT2D eigenvalue weighted by atomic mass is 16.4. The fourth-order valence-corrected chi connectivity index (χ4v) is 1.96. The van der Waals surface area contributed by atoms with Crippen LogP contribution in [0.1, 0.15) is 18.5 Å². The molecule has 2 N–H and O–H groups in total. The van der Waals surface area contributed by atoms with Crippen molar-refractivity contribution in [2.75, 3.05) is 13.1 Å². The van der Waals surface area contributed by atoms with E-state index in [-0.39, 0.29) is 0 Å². The van der Waals surface area contributed by atoms with Crippen LogP contribution in [-0.4, -0.2) is 39.3 Å². The van der Waals surface area contributed by atoms with E-state index in [1.807, 2.05) is 6.07 Å². The molecule has 1 aliphatic heterocycles. The average molecular weight is 222 g/mol. The Morgan fingerprint density at radius 3 is 2.56 bits per heavy atom. The normalized spacial score (nSPS) is 19.4. The molecule has 0 unspecified atom stereocenters. The number of pyridine rings is 1. The number of aromatic nitrogens is 1. The molecule has 1 aliphatic rings. The minimum Gasteiger partial charge on any atom is -0.465 e. The molecule has 0 bridgehead atoms. The van der Waals surface area contributed by atoms with E-state index in [9.17, 15) is 9.90 Å². The van der Waals surface area contributed by atoms with Gasteiger partial charge in [-0.3, -0.25) is 4.98 Å². The Bertz CT molecular complexity index is 372.